The van der Waals surface area contributed by atoms with Crippen LogP contribution in [0.25, 0.3) is 0 Å². The summed E-state index contributed by atoms with van der Waals surface area (Å²) in [5, 5.41) is 8.78. The molecule has 0 unspecified atom stereocenters. The maximum Gasteiger partial charge on any atom is 0.339 e. The van der Waals surface area contributed by atoms with Crippen LogP contribution in [0.1, 0.15) is 36.7 Å². The Hall–Kier alpha value is -1.84. The minimum atomic E-state index is -1.11. The molecule has 0 bridgehead atoms. The van der Waals surface area contributed by atoms with Crippen LogP contribution in [-0.2, 0) is 4.79 Å². The summed E-state index contributed by atoms with van der Waals surface area (Å²) in [6.45, 7) is 7.02. The van der Waals surface area contributed by atoms with Crippen LogP contribution in [0.2, 0.25) is 0 Å². The summed E-state index contributed by atoms with van der Waals surface area (Å²) in [4.78, 5) is 21.4. The van der Waals surface area contributed by atoms with Crippen LogP contribution >= 0.6 is 0 Å². The number of benzene rings is 1. The number of carbonyl (C=O) groups excluding carboxylic acids is 1. The third kappa shape index (κ3) is 4.13. The molecule has 0 atom stereocenters. The number of aryl methyl sites for hydroxylation is 1. The lowest BCUT2D eigenvalue weighted by Crippen LogP contribution is -2.07. The van der Waals surface area contributed by atoms with Gasteiger partial charge in [-0.25, -0.2) is 4.79 Å². The SMILES string of the molecule is CC.CC(=O)Oc1cc(C)ccc1C(=O)O. The molecule has 0 spiro atoms. The average molecular weight is 224 g/mol. The van der Waals surface area contributed by atoms with E-state index in [1.165, 1.54) is 19.1 Å². The van der Waals surface area contributed by atoms with E-state index >= 15 is 0 Å². The summed E-state index contributed by atoms with van der Waals surface area (Å²) in [5.41, 5.74) is 0.831. The van der Waals surface area contributed by atoms with Crippen molar-refractivity contribution in [3.63, 3.8) is 0 Å². The van der Waals surface area contributed by atoms with Crippen LogP contribution in [0.15, 0.2) is 18.2 Å². The minimum Gasteiger partial charge on any atom is -0.478 e. The quantitative estimate of drug-likeness (QED) is 0.619. The van der Waals surface area contributed by atoms with Gasteiger partial charge in [-0.3, -0.25) is 4.79 Å². The van der Waals surface area contributed by atoms with E-state index in [4.69, 9.17) is 9.84 Å². The molecule has 0 aliphatic carbocycles. The molecule has 1 N–H and O–H groups in total. The van der Waals surface area contributed by atoms with Crippen molar-refractivity contribution in [2.45, 2.75) is 27.7 Å². The van der Waals surface area contributed by atoms with Crippen molar-refractivity contribution < 1.29 is 19.4 Å². The number of hydrogen-bond acceptors (Lipinski definition) is 3. The van der Waals surface area contributed by atoms with Gasteiger partial charge in [0.2, 0.25) is 0 Å². The molecule has 0 aliphatic heterocycles. The average Bonchev–Trinajstić information content (AvgIpc) is 2.19. The number of hydrogen-bond donors (Lipinski definition) is 1. The molecule has 0 saturated carbocycles. The molecule has 4 heteroatoms. The molecule has 4 nitrogen and oxygen atoms in total. The van der Waals surface area contributed by atoms with Crippen LogP contribution < -0.4 is 4.74 Å². The maximum atomic E-state index is 10.7. The normalized spacial score (nSPS) is 8.75. The predicted octanol–water partition coefficient (Wildman–Crippen LogP) is 2.64. The van der Waals surface area contributed by atoms with Gasteiger partial charge in [-0.05, 0) is 24.6 Å². The van der Waals surface area contributed by atoms with Crippen LogP contribution in [-0.4, -0.2) is 17.0 Å². The second kappa shape index (κ2) is 6.61. The standard InChI is InChI=1S/C10H10O4.C2H6/c1-6-3-4-8(10(12)13)9(5-6)14-7(2)11;1-2/h3-5H,1-2H3,(H,12,13);1-2H3. The van der Waals surface area contributed by atoms with Crippen molar-refractivity contribution in [3.8, 4) is 5.75 Å². The molecular weight excluding hydrogens is 208 g/mol. The molecule has 0 fully saturated rings. The maximum absolute atomic E-state index is 10.7. The number of ether oxygens (including phenoxy) is 1. The monoisotopic (exact) mass is 224 g/mol. The van der Waals surface area contributed by atoms with Crippen LogP contribution in [0.4, 0.5) is 0 Å². The Labute approximate surface area is 94.9 Å². The summed E-state index contributed by atoms with van der Waals surface area (Å²) in [6, 6.07) is 4.58. The Morgan fingerprint density at radius 3 is 2.25 bits per heavy atom. The van der Waals surface area contributed by atoms with E-state index in [1.807, 2.05) is 13.8 Å². The fourth-order valence-corrected chi connectivity index (χ4v) is 1.05. The number of aromatic carboxylic acids is 1. The van der Waals surface area contributed by atoms with Crippen LogP contribution in [0.3, 0.4) is 0 Å². The third-order valence-electron chi connectivity index (χ3n) is 1.62. The summed E-state index contributed by atoms with van der Waals surface area (Å²) in [7, 11) is 0. The Balaban J connectivity index is 0.00000106. The molecule has 1 aromatic rings. The van der Waals surface area contributed by atoms with Gasteiger partial charge in [0.25, 0.3) is 0 Å². The van der Waals surface area contributed by atoms with E-state index in [2.05, 4.69) is 0 Å². The van der Waals surface area contributed by atoms with Crippen molar-refractivity contribution in [1.29, 1.82) is 0 Å². The van der Waals surface area contributed by atoms with Gasteiger partial charge in [-0.15, -0.1) is 0 Å². The van der Waals surface area contributed by atoms with Gasteiger partial charge < -0.3 is 9.84 Å². The molecule has 0 amide bonds. The highest BCUT2D eigenvalue weighted by molar-refractivity contribution is 5.92. The van der Waals surface area contributed by atoms with E-state index in [0.717, 1.165) is 5.56 Å². The molecule has 88 valence electrons. The molecule has 1 rings (SSSR count). The molecule has 0 aliphatic rings. The number of rotatable bonds is 2. The van der Waals surface area contributed by atoms with Gasteiger partial charge in [0.1, 0.15) is 11.3 Å². The lowest BCUT2D eigenvalue weighted by atomic mass is 10.1. The zero-order valence-electron chi connectivity index (χ0n) is 9.90. The molecule has 0 aromatic heterocycles. The first-order valence-electron chi connectivity index (χ1n) is 5.03. The fourth-order valence-electron chi connectivity index (χ4n) is 1.05. The van der Waals surface area contributed by atoms with Crippen LogP contribution in [0.5, 0.6) is 5.75 Å². The molecule has 16 heavy (non-hydrogen) atoms. The number of carboxylic acid groups (broad SMARTS) is 1. The minimum absolute atomic E-state index is 0.00852. The van der Waals surface area contributed by atoms with Gasteiger partial charge in [-0.2, -0.15) is 0 Å². The van der Waals surface area contributed by atoms with Crippen LogP contribution in [0, 0.1) is 6.92 Å². The molecule has 0 saturated heterocycles. The first-order valence-corrected chi connectivity index (χ1v) is 5.03. The third-order valence-corrected chi connectivity index (χ3v) is 1.62. The summed E-state index contributed by atoms with van der Waals surface area (Å²) in [6.07, 6.45) is 0. The second-order valence-corrected chi connectivity index (χ2v) is 2.90. The predicted molar refractivity (Wildman–Crippen MR) is 60.8 cm³/mol. The molecule has 0 radical (unpaired) electrons. The first kappa shape index (κ1) is 14.2. The van der Waals surface area contributed by atoms with Gasteiger partial charge in [0.15, 0.2) is 0 Å². The van der Waals surface area contributed by atoms with Gasteiger partial charge >= 0.3 is 11.9 Å². The highest BCUT2D eigenvalue weighted by Crippen LogP contribution is 2.20. The first-order chi connectivity index (χ1) is 7.50. The largest absolute Gasteiger partial charge is 0.478 e. The van der Waals surface area contributed by atoms with Gasteiger partial charge in [-0.1, -0.05) is 19.9 Å². The van der Waals surface area contributed by atoms with Gasteiger partial charge in [0, 0.05) is 6.92 Å². The van der Waals surface area contributed by atoms with Crippen molar-refractivity contribution in [1.82, 2.24) is 0 Å². The van der Waals surface area contributed by atoms with E-state index < -0.39 is 11.9 Å². The smallest absolute Gasteiger partial charge is 0.339 e. The Morgan fingerprint density at radius 1 is 1.25 bits per heavy atom. The van der Waals surface area contributed by atoms with Crippen molar-refractivity contribution in [3.05, 3.63) is 29.3 Å². The second-order valence-electron chi connectivity index (χ2n) is 2.90. The Morgan fingerprint density at radius 2 is 1.81 bits per heavy atom. The number of carbonyl (C=O) groups is 2. The highest BCUT2D eigenvalue weighted by Gasteiger charge is 2.12. The van der Waals surface area contributed by atoms with E-state index in [-0.39, 0.29) is 11.3 Å². The van der Waals surface area contributed by atoms with Crippen molar-refractivity contribution >= 4 is 11.9 Å². The number of carboxylic acids is 1. The van der Waals surface area contributed by atoms with Crippen molar-refractivity contribution in [2.24, 2.45) is 0 Å². The summed E-state index contributed by atoms with van der Waals surface area (Å²) >= 11 is 0. The molecular formula is C12H16O4. The number of esters is 1. The van der Waals surface area contributed by atoms with Gasteiger partial charge in [0.05, 0.1) is 0 Å². The zero-order valence-corrected chi connectivity index (χ0v) is 9.90. The highest BCUT2D eigenvalue weighted by atomic mass is 16.5. The molecule has 1 aromatic carbocycles. The Bertz CT molecular complexity index is 383. The summed E-state index contributed by atoms with van der Waals surface area (Å²) in [5.74, 6) is -1.55. The van der Waals surface area contributed by atoms with E-state index in [0.29, 0.717) is 0 Å². The zero-order chi connectivity index (χ0) is 12.7. The van der Waals surface area contributed by atoms with E-state index in [1.54, 1.807) is 13.0 Å². The molecule has 0 heterocycles. The Kier molecular flexibility index (Phi) is 5.85. The van der Waals surface area contributed by atoms with Crippen molar-refractivity contribution in [2.75, 3.05) is 0 Å². The lowest BCUT2D eigenvalue weighted by molar-refractivity contribution is -0.131. The summed E-state index contributed by atoms with van der Waals surface area (Å²) < 4.78 is 4.77. The topological polar surface area (TPSA) is 63.6 Å². The fraction of sp³-hybridized carbons (Fsp3) is 0.333. The van der Waals surface area contributed by atoms with E-state index in [9.17, 15) is 9.59 Å². The lowest BCUT2D eigenvalue weighted by Gasteiger charge is -2.05.